The lowest BCUT2D eigenvalue weighted by Crippen LogP contribution is -2.41. The van der Waals surface area contributed by atoms with Crippen LogP contribution in [0.4, 0.5) is 10.2 Å². The van der Waals surface area contributed by atoms with Gasteiger partial charge in [0.15, 0.2) is 17.4 Å². The zero-order valence-corrected chi connectivity index (χ0v) is 19.1. The quantitative estimate of drug-likeness (QED) is 0.268. The van der Waals surface area contributed by atoms with Gasteiger partial charge in [-0.2, -0.15) is 4.98 Å². The van der Waals surface area contributed by atoms with Crippen LogP contribution in [0.15, 0.2) is 64.2 Å². The molecule has 35 heavy (non-hydrogen) atoms. The average Bonchev–Trinajstić information content (AvgIpc) is 3.27. The van der Waals surface area contributed by atoms with Crippen molar-refractivity contribution in [3.05, 3.63) is 93.8 Å². The van der Waals surface area contributed by atoms with Crippen LogP contribution in [-0.2, 0) is 22.1 Å². The van der Waals surface area contributed by atoms with Crippen LogP contribution >= 0.6 is 7.82 Å². The minimum atomic E-state index is -4.64. The number of hydrogen-bond acceptors (Lipinski definition) is 9. The largest absolute Gasteiger partial charge is 0.471 e. The fourth-order valence-electron chi connectivity index (χ4n) is 3.33. The molecule has 0 radical (unpaired) electrons. The molecule has 0 aliphatic carbocycles. The average molecular weight is 504 g/mol. The molecule has 2 aromatic heterocycles. The van der Waals surface area contributed by atoms with Gasteiger partial charge in [0.25, 0.3) is 0 Å². The van der Waals surface area contributed by atoms with E-state index in [1.807, 2.05) is 24.3 Å². The van der Waals surface area contributed by atoms with E-state index in [0.717, 1.165) is 17.3 Å². The van der Waals surface area contributed by atoms with Crippen molar-refractivity contribution in [2.45, 2.75) is 19.1 Å². The second kappa shape index (κ2) is 10.3. The second-order valence-corrected chi connectivity index (χ2v) is 8.84. The van der Waals surface area contributed by atoms with Gasteiger partial charge >= 0.3 is 13.5 Å². The zero-order valence-electron chi connectivity index (χ0n) is 18.2. The second-order valence-electron chi connectivity index (χ2n) is 7.60. The number of allylic oxidation sites excluding steroid dienone is 2. The number of anilines is 1. The molecule has 0 amide bonds. The zero-order chi connectivity index (χ0) is 25.0. The van der Waals surface area contributed by atoms with Crippen LogP contribution in [0.2, 0.25) is 0 Å². The van der Waals surface area contributed by atoms with E-state index in [9.17, 15) is 13.8 Å². The first-order valence-electron chi connectivity index (χ1n) is 10.3. The Balaban J connectivity index is 1.36. The van der Waals surface area contributed by atoms with Gasteiger partial charge in [-0.15, -0.1) is 0 Å². The Hall–Kier alpha value is -3.61. The minimum absolute atomic E-state index is 0.120. The van der Waals surface area contributed by atoms with Crippen molar-refractivity contribution >= 4 is 19.2 Å². The number of rotatable bonds is 9. The number of nitrogens with two attached hydrogens (primary N) is 1. The predicted octanol–water partition coefficient (Wildman–Crippen LogP) is 1.66. The topological polar surface area (TPSA) is 180 Å². The number of phosphoric ester groups is 1. The number of nitrogens with zero attached hydrogens (tertiary/aromatic N) is 3. The van der Waals surface area contributed by atoms with Crippen LogP contribution in [0.5, 0.6) is 0 Å². The molecule has 0 saturated heterocycles. The molecule has 1 aliphatic heterocycles. The summed E-state index contributed by atoms with van der Waals surface area (Å²) in [5, 5.41) is 6.87. The molecule has 0 bridgehead atoms. The highest BCUT2D eigenvalue weighted by Crippen LogP contribution is 2.36. The van der Waals surface area contributed by atoms with Crippen molar-refractivity contribution in [3.8, 4) is 0 Å². The van der Waals surface area contributed by atoms with Crippen LogP contribution in [0.25, 0.3) is 5.57 Å². The van der Waals surface area contributed by atoms with Crippen molar-refractivity contribution in [1.29, 1.82) is 0 Å². The van der Waals surface area contributed by atoms with Gasteiger partial charge in [-0.1, -0.05) is 35.5 Å². The molecule has 3 aromatic rings. The van der Waals surface area contributed by atoms with E-state index in [0.29, 0.717) is 23.4 Å². The Bertz CT molecular complexity index is 1350. The maximum absolute atomic E-state index is 13.7. The van der Waals surface area contributed by atoms with Crippen LogP contribution < -0.4 is 16.7 Å². The molecular weight excluding hydrogens is 482 g/mol. The molecule has 6 N–H and O–H groups in total. The van der Waals surface area contributed by atoms with Gasteiger partial charge in [0.1, 0.15) is 12.9 Å². The third-order valence-electron chi connectivity index (χ3n) is 5.08. The van der Waals surface area contributed by atoms with Crippen LogP contribution in [-0.4, -0.2) is 42.7 Å². The summed E-state index contributed by atoms with van der Waals surface area (Å²) in [7, 11) is -4.64. The number of nitrogens with one attached hydrogen (secondary N) is 2. The van der Waals surface area contributed by atoms with E-state index >= 15 is 0 Å². The monoisotopic (exact) mass is 504 g/mol. The molecule has 184 valence electrons. The molecule has 0 saturated carbocycles. The standard InChI is InChI=1S/C21H22FN6O6P/c22-17-11-25-21(29)26-20(17)24-10-14-5-3-13(4-6-14)8-15-9-18(34-27-15)16-2-1-7-28(19(16)23)12-33-35(30,31)32/h1-7,9,11,19H,8,10,12,23H2,(H2,30,31,32)(H2,24,25,26,29). The summed E-state index contributed by atoms with van der Waals surface area (Å²) >= 11 is 0. The molecular formula is C21H22FN6O6P. The predicted molar refractivity (Wildman–Crippen MR) is 123 cm³/mol. The Labute approximate surface area is 198 Å². The Kier molecular flexibility index (Phi) is 7.24. The van der Waals surface area contributed by atoms with E-state index in [1.54, 1.807) is 24.4 Å². The Morgan fingerprint density at radius 2 is 2.03 bits per heavy atom. The smallest absolute Gasteiger partial charge is 0.363 e. The van der Waals surface area contributed by atoms with Crippen molar-refractivity contribution in [2.75, 3.05) is 12.0 Å². The van der Waals surface area contributed by atoms with Gasteiger partial charge in [0.05, 0.1) is 5.69 Å². The Morgan fingerprint density at radius 1 is 1.29 bits per heavy atom. The Morgan fingerprint density at radius 3 is 2.77 bits per heavy atom. The highest BCUT2D eigenvalue weighted by Gasteiger charge is 2.25. The van der Waals surface area contributed by atoms with Gasteiger partial charge in [0.2, 0.25) is 0 Å². The summed E-state index contributed by atoms with van der Waals surface area (Å²) in [5.41, 5.74) is 8.58. The molecule has 1 aliphatic rings. The highest BCUT2D eigenvalue weighted by atomic mass is 31.2. The first-order chi connectivity index (χ1) is 16.7. The number of benzene rings is 1. The van der Waals surface area contributed by atoms with Gasteiger partial charge in [-0.25, -0.2) is 13.8 Å². The van der Waals surface area contributed by atoms with Gasteiger partial charge in [-0.05, 0) is 17.2 Å². The van der Waals surface area contributed by atoms with Gasteiger partial charge in [0, 0.05) is 37.0 Å². The molecule has 1 aromatic carbocycles. The van der Waals surface area contributed by atoms with Gasteiger partial charge < -0.3 is 35.2 Å². The molecule has 1 atom stereocenters. The molecule has 3 heterocycles. The summed E-state index contributed by atoms with van der Waals surface area (Å²) in [6, 6.07) is 9.24. The maximum Gasteiger partial charge on any atom is 0.471 e. The number of aromatic nitrogens is 3. The van der Waals surface area contributed by atoms with Crippen molar-refractivity contribution in [1.82, 2.24) is 20.0 Å². The number of halogens is 1. The third-order valence-corrected chi connectivity index (χ3v) is 5.53. The van der Waals surface area contributed by atoms with E-state index < -0.39 is 32.2 Å². The van der Waals surface area contributed by atoms with Gasteiger partial charge in [-0.3, -0.25) is 4.52 Å². The fraction of sp³-hybridized carbons (Fsp3) is 0.190. The van der Waals surface area contributed by atoms with Crippen molar-refractivity contribution < 1.29 is 27.8 Å². The summed E-state index contributed by atoms with van der Waals surface area (Å²) in [4.78, 5) is 36.2. The summed E-state index contributed by atoms with van der Waals surface area (Å²) in [5.74, 6) is -0.347. The lowest BCUT2D eigenvalue weighted by atomic mass is 10.0. The van der Waals surface area contributed by atoms with E-state index in [4.69, 9.17) is 20.0 Å². The molecule has 14 heteroatoms. The number of phosphoric acid groups is 1. The molecule has 4 rings (SSSR count). The fourth-order valence-corrected chi connectivity index (χ4v) is 3.61. The lowest BCUT2D eigenvalue weighted by molar-refractivity contribution is 0.110. The SMILES string of the molecule is NC1C(c2cc(Cc3ccc(CNc4nc(=O)[nH]cc4F)cc3)no2)=CC=CN1COP(=O)(O)O. The van der Waals surface area contributed by atoms with Crippen LogP contribution in [0.3, 0.4) is 0 Å². The molecule has 0 spiro atoms. The van der Waals surface area contributed by atoms with Crippen molar-refractivity contribution in [2.24, 2.45) is 5.73 Å². The third kappa shape index (κ3) is 6.50. The van der Waals surface area contributed by atoms with E-state index in [1.165, 1.54) is 4.90 Å². The molecule has 12 nitrogen and oxygen atoms in total. The highest BCUT2D eigenvalue weighted by molar-refractivity contribution is 7.46. The minimum Gasteiger partial charge on any atom is -0.363 e. The summed E-state index contributed by atoms with van der Waals surface area (Å²) in [6.45, 7) is -0.117. The molecule has 1 unspecified atom stereocenters. The normalized spacial score (nSPS) is 15.8. The van der Waals surface area contributed by atoms with Crippen LogP contribution in [0, 0.1) is 5.82 Å². The summed E-state index contributed by atoms with van der Waals surface area (Å²) in [6.07, 6.45) is 5.61. The summed E-state index contributed by atoms with van der Waals surface area (Å²) < 4.78 is 34.6. The molecule has 0 fully saturated rings. The number of aromatic amines is 1. The van der Waals surface area contributed by atoms with Crippen molar-refractivity contribution in [3.63, 3.8) is 0 Å². The van der Waals surface area contributed by atoms with E-state index in [2.05, 4.69) is 25.0 Å². The lowest BCUT2D eigenvalue weighted by Gasteiger charge is -2.30. The first kappa shape index (κ1) is 24.5. The number of H-pyrrole nitrogens is 1. The number of hydrogen-bond donors (Lipinski definition) is 5. The van der Waals surface area contributed by atoms with E-state index in [-0.39, 0.29) is 12.4 Å². The first-order valence-corrected chi connectivity index (χ1v) is 11.8. The van der Waals surface area contributed by atoms with Crippen LogP contribution in [0.1, 0.15) is 22.6 Å². The maximum atomic E-state index is 13.7.